The number of pyridine rings is 1. The number of methoxy groups -OCH3 is 3. The van der Waals surface area contributed by atoms with Crippen LogP contribution in [0.5, 0.6) is 17.2 Å². The lowest BCUT2D eigenvalue weighted by Gasteiger charge is -2.44. The Morgan fingerprint density at radius 3 is 2.20 bits per heavy atom. The van der Waals surface area contributed by atoms with Crippen molar-refractivity contribution in [2.75, 3.05) is 50.0 Å². The van der Waals surface area contributed by atoms with Gasteiger partial charge in [0.05, 0.1) is 38.4 Å². The number of aromatic nitrogens is 1. The zero-order chi connectivity index (χ0) is 30.8. The van der Waals surface area contributed by atoms with Gasteiger partial charge in [0, 0.05) is 54.5 Å². The van der Waals surface area contributed by atoms with E-state index in [-0.39, 0.29) is 29.2 Å². The Morgan fingerprint density at radius 1 is 0.727 bits per heavy atom. The standard InChI is InChI=1S/C34H34N4O6/c1-42-25-14-23(15-26(17-25)43-2)34(41)36-28-16-22(33(40)35-27-7-4-5-9-31(27)44-3)11-12-30(28)37-18-21-13-24(20-37)29-8-6-10-32(39)38(29)19-21/h4-12,14-17,21,24H,13,18-20H2,1-3H3,(H,35,40)(H,36,41)/t21-,24+/m1/s1. The van der Waals surface area contributed by atoms with Crippen LogP contribution in [0.4, 0.5) is 17.1 Å². The fourth-order valence-corrected chi connectivity index (χ4v) is 6.22. The highest BCUT2D eigenvalue weighted by Gasteiger charge is 2.35. The minimum atomic E-state index is -0.375. The largest absolute Gasteiger partial charge is 0.497 e. The molecule has 10 nitrogen and oxygen atoms in total. The van der Waals surface area contributed by atoms with Crippen LogP contribution in [-0.2, 0) is 6.54 Å². The summed E-state index contributed by atoms with van der Waals surface area (Å²) in [4.78, 5) is 41.9. The molecular formula is C34H34N4O6. The third-order valence-corrected chi connectivity index (χ3v) is 8.30. The Hall–Kier alpha value is -5.25. The summed E-state index contributed by atoms with van der Waals surface area (Å²) in [7, 11) is 4.60. The lowest BCUT2D eigenvalue weighted by Crippen LogP contribution is -2.47. The second-order valence-corrected chi connectivity index (χ2v) is 11.0. The number of ether oxygens (including phenoxy) is 3. The molecule has 226 valence electrons. The normalized spacial score (nSPS) is 16.8. The fourth-order valence-electron chi connectivity index (χ4n) is 6.22. The number of rotatable bonds is 8. The predicted octanol–water partition coefficient (Wildman–Crippen LogP) is 5.00. The molecule has 1 saturated heterocycles. The summed E-state index contributed by atoms with van der Waals surface area (Å²) in [6, 6.07) is 22.9. The molecule has 44 heavy (non-hydrogen) atoms. The molecule has 3 aromatic carbocycles. The number of para-hydroxylation sites is 2. The van der Waals surface area contributed by atoms with Crippen molar-refractivity contribution in [1.82, 2.24) is 4.57 Å². The Bertz CT molecular complexity index is 1760. The van der Waals surface area contributed by atoms with Gasteiger partial charge in [0.15, 0.2) is 0 Å². The van der Waals surface area contributed by atoms with Gasteiger partial charge in [-0.1, -0.05) is 18.2 Å². The summed E-state index contributed by atoms with van der Waals surface area (Å²) < 4.78 is 18.0. The summed E-state index contributed by atoms with van der Waals surface area (Å²) >= 11 is 0. The molecule has 0 saturated carbocycles. The summed E-state index contributed by atoms with van der Waals surface area (Å²) in [5.74, 6) is 1.22. The van der Waals surface area contributed by atoms with E-state index < -0.39 is 0 Å². The van der Waals surface area contributed by atoms with E-state index in [1.165, 1.54) is 14.2 Å². The molecule has 0 aliphatic carbocycles. The molecule has 0 unspecified atom stereocenters. The Labute approximate surface area is 255 Å². The molecule has 1 fully saturated rings. The fraction of sp³-hybridized carbons (Fsp3) is 0.265. The molecule has 6 rings (SSSR count). The van der Waals surface area contributed by atoms with Crippen molar-refractivity contribution in [3.05, 3.63) is 106 Å². The van der Waals surface area contributed by atoms with Crippen molar-refractivity contribution in [2.24, 2.45) is 5.92 Å². The number of nitrogens with one attached hydrogen (secondary N) is 2. The highest BCUT2D eigenvalue weighted by atomic mass is 16.5. The molecule has 3 heterocycles. The maximum absolute atomic E-state index is 13.6. The predicted molar refractivity (Wildman–Crippen MR) is 169 cm³/mol. The van der Waals surface area contributed by atoms with Crippen LogP contribution in [0.1, 0.15) is 38.7 Å². The van der Waals surface area contributed by atoms with Crippen LogP contribution in [0.2, 0.25) is 0 Å². The van der Waals surface area contributed by atoms with Gasteiger partial charge in [-0.25, -0.2) is 0 Å². The second kappa shape index (κ2) is 12.2. The minimum absolute atomic E-state index is 0.0257. The van der Waals surface area contributed by atoms with E-state index in [9.17, 15) is 14.4 Å². The molecular weight excluding hydrogens is 560 g/mol. The van der Waals surface area contributed by atoms with E-state index in [1.807, 2.05) is 34.9 Å². The monoisotopic (exact) mass is 594 g/mol. The number of fused-ring (bicyclic) bond motifs is 4. The van der Waals surface area contributed by atoms with Crippen LogP contribution in [-0.4, -0.2) is 50.8 Å². The maximum Gasteiger partial charge on any atom is 0.255 e. The lowest BCUT2D eigenvalue weighted by molar-refractivity contribution is 0.101. The van der Waals surface area contributed by atoms with Crippen LogP contribution in [0.25, 0.3) is 0 Å². The number of nitrogens with zero attached hydrogens (tertiary/aromatic N) is 2. The first kappa shape index (κ1) is 28.9. The molecule has 2 amide bonds. The second-order valence-electron chi connectivity index (χ2n) is 11.0. The van der Waals surface area contributed by atoms with Gasteiger partial charge in [-0.3, -0.25) is 14.4 Å². The Kier molecular flexibility index (Phi) is 7.97. The first-order valence-electron chi connectivity index (χ1n) is 14.4. The molecule has 2 aliphatic heterocycles. The van der Waals surface area contributed by atoms with Gasteiger partial charge >= 0.3 is 0 Å². The third kappa shape index (κ3) is 5.70. The first-order valence-corrected chi connectivity index (χ1v) is 14.4. The van der Waals surface area contributed by atoms with Crippen LogP contribution in [0, 0.1) is 5.92 Å². The van der Waals surface area contributed by atoms with Gasteiger partial charge in [0.2, 0.25) is 0 Å². The van der Waals surface area contributed by atoms with Crippen LogP contribution < -0.4 is 35.3 Å². The van der Waals surface area contributed by atoms with E-state index in [0.717, 1.165) is 17.8 Å². The highest BCUT2D eigenvalue weighted by molar-refractivity contribution is 6.09. The first-order chi connectivity index (χ1) is 21.4. The molecule has 0 spiro atoms. The van der Waals surface area contributed by atoms with Crippen molar-refractivity contribution >= 4 is 28.9 Å². The number of anilines is 3. The van der Waals surface area contributed by atoms with Crippen LogP contribution in [0.15, 0.2) is 83.7 Å². The molecule has 10 heteroatoms. The molecule has 2 aliphatic rings. The smallest absolute Gasteiger partial charge is 0.255 e. The number of hydrogen-bond donors (Lipinski definition) is 2. The summed E-state index contributed by atoms with van der Waals surface area (Å²) in [5.41, 5.74) is 3.60. The summed E-state index contributed by atoms with van der Waals surface area (Å²) in [5, 5.41) is 5.96. The Balaban J connectivity index is 1.35. The number of carbonyl (C=O) groups is 2. The zero-order valence-corrected chi connectivity index (χ0v) is 24.8. The van der Waals surface area contributed by atoms with Crippen molar-refractivity contribution in [3.63, 3.8) is 0 Å². The lowest BCUT2D eigenvalue weighted by atomic mass is 9.83. The Morgan fingerprint density at radius 2 is 1.45 bits per heavy atom. The summed E-state index contributed by atoms with van der Waals surface area (Å²) in [6.45, 7) is 2.02. The quantitative estimate of drug-likeness (QED) is 0.295. The van der Waals surface area contributed by atoms with Gasteiger partial charge in [0.25, 0.3) is 17.4 Å². The molecule has 2 atom stereocenters. The van der Waals surface area contributed by atoms with Gasteiger partial charge in [-0.15, -0.1) is 0 Å². The number of piperidine rings is 1. The van der Waals surface area contributed by atoms with Crippen LogP contribution >= 0.6 is 0 Å². The SMILES string of the molecule is COc1cc(OC)cc(C(=O)Nc2cc(C(=O)Nc3ccccc3OC)ccc2N2C[C@H]3C[C@@H](C2)c2cccc(=O)n2C3)c1. The topological polar surface area (TPSA) is 111 Å². The van der Waals surface area contributed by atoms with E-state index in [0.29, 0.717) is 59.4 Å². The number of amides is 2. The van der Waals surface area contributed by atoms with Gasteiger partial charge in [-0.05, 0) is 60.9 Å². The molecule has 2 N–H and O–H groups in total. The summed E-state index contributed by atoms with van der Waals surface area (Å²) in [6.07, 6.45) is 0.991. The van der Waals surface area contributed by atoms with E-state index in [2.05, 4.69) is 15.5 Å². The average molecular weight is 595 g/mol. The molecule has 1 aromatic heterocycles. The maximum atomic E-state index is 13.6. The highest BCUT2D eigenvalue weighted by Crippen LogP contribution is 2.39. The van der Waals surface area contributed by atoms with Crippen molar-refractivity contribution in [3.8, 4) is 17.2 Å². The van der Waals surface area contributed by atoms with Gasteiger partial charge < -0.3 is 34.3 Å². The molecule has 4 aromatic rings. The third-order valence-electron chi connectivity index (χ3n) is 8.30. The van der Waals surface area contributed by atoms with Gasteiger partial charge in [-0.2, -0.15) is 0 Å². The average Bonchev–Trinajstić information content (AvgIpc) is 3.05. The molecule has 2 bridgehead atoms. The van der Waals surface area contributed by atoms with Gasteiger partial charge in [0.1, 0.15) is 17.2 Å². The van der Waals surface area contributed by atoms with E-state index >= 15 is 0 Å². The zero-order valence-electron chi connectivity index (χ0n) is 24.8. The van der Waals surface area contributed by atoms with Crippen LogP contribution in [0.3, 0.4) is 0 Å². The molecule has 0 radical (unpaired) electrons. The van der Waals surface area contributed by atoms with Crippen molar-refractivity contribution in [2.45, 2.75) is 18.9 Å². The van der Waals surface area contributed by atoms with Crippen molar-refractivity contribution < 1.29 is 23.8 Å². The van der Waals surface area contributed by atoms with E-state index in [1.54, 1.807) is 55.6 Å². The number of carbonyl (C=O) groups excluding carboxylic acids is 2. The van der Waals surface area contributed by atoms with E-state index in [4.69, 9.17) is 14.2 Å². The minimum Gasteiger partial charge on any atom is -0.497 e. The number of benzene rings is 3. The van der Waals surface area contributed by atoms with Crippen molar-refractivity contribution in [1.29, 1.82) is 0 Å². The number of hydrogen-bond acceptors (Lipinski definition) is 7.